The van der Waals surface area contributed by atoms with E-state index in [0.29, 0.717) is 11.5 Å². The minimum Gasteiger partial charge on any atom is -0.0748 e. The molecule has 27 heavy (non-hydrogen) atoms. The molecule has 2 aliphatic carbocycles. The molecule has 0 aromatic heterocycles. The highest BCUT2D eigenvalue weighted by Crippen LogP contribution is 2.50. The molecule has 2 aromatic carbocycles. The second kappa shape index (κ2) is 6.49. The molecule has 0 bridgehead atoms. The van der Waals surface area contributed by atoms with Crippen LogP contribution in [0.25, 0.3) is 17.2 Å². The molecule has 0 radical (unpaired) electrons. The van der Waals surface area contributed by atoms with E-state index in [2.05, 4.69) is 101 Å². The van der Waals surface area contributed by atoms with E-state index in [1.54, 1.807) is 21.9 Å². The number of hydrogen-bond donors (Lipinski definition) is 0. The van der Waals surface area contributed by atoms with E-state index in [9.17, 15) is 0 Å². The van der Waals surface area contributed by atoms with Gasteiger partial charge in [-0.3, -0.25) is 0 Å². The number of fused-ring (bicyclic) bond motifs is 1. The first-order chi connectivity index (χ1) is 12.8. The Morgan fingerprint density at radius 3 is 2.19 bits per heavy atom. The van der Waals surface area contributed by atoms with Crippen LogP contribution < -0.4 is 0 Å². The quantitative estimate of drug-likeness (QED) is 0.489. The van der Waals surface area contributed by atoms with Crippen molar-refractivity contribution in [3.63, 3.8) is 0 Å². The van der Waals surface area contributed by atoms with Crippen LogP contribution in [0.3, 0.4) is 0 Å². The normalized spacial score (nSPS) is 22.0. The van der Waals surface area contributed by atoms with E-state index in [1.165, 1.54) is 22.3 Å². The van der Waals surface area contributed by atoms with Gasteiger partial charge in [0, 0.05) is 5.54 Å². The summed E-state index contributed by atoms with van der Waals surface area (Å²) in [5.41, 5.74) is 10.8. The fraction of sp³-hybridized carbons (Fsp3) is 0.308. The van der Waals surface area contributed by atoms with Gasteiger partial charge in [0.15, 0.2) is 0 Å². The van der Waals surface area contributed by atoms with Crippen LogP contribution in [-0.2, 0) is 0 Å². The highest BCUT2D eigenvalue weighted by atomic mass is 28.3. The van der Waals surface area contributed by atoms with Crippen molar-refractivity contribution in [3.8, 4) is 11.1 Å². The largest absolute Gasteiger partial charge is 0.0883 e. The molecule has 1 heteroatoms. The van der Waals surface area contributed by atoms with Gasteiger partial charge in [-0.1, -0.05) is 103 Å². The average Bonchev–Trinajstić information content (AvgIpc) is 3.11. The van der Waals surface area contributed by atoms with E-state index >= 15 is 0 Å². The van der Waals surface area contributed by atoms with Gasteiger partial charge in [-0.05, 0) is 48.9 Å². The Morgan fingerprint density at radius 1 is 0.852 bits per heavy atom. The van der Waals surface area contributed by atoms with Crippen LogP contribution in [0.2, 0.25) is 13.1 Å². The van der Waals surface area contributed by atoms with Gasteiger partial charge in [-0.25, -0.2) is 0 Å². The van der Waals surface area contributed by atoms with Gasteiger partial charge in [0.2, 0.25) is 0 Å². The predicted octanol–water partition coefficient (Wildman–Crippen LogP) is 7.55. The van der Waals surface area contributed by atoms with Crippen molar-refractivity contribution in [1.29, 1.82) is 0 Å². The van der Waals surface area contributed by atoms with Gasteiger partial charge >= 0.3 is 0 Å². The Bertz CT molecular complexity index is 986. The SMILES string of the molecule is CC1=CC(C)C([Si](C)(C)C2C(C)=Cc3c(-c4ccccc4)cccc32)=C1C. The van der Waals surface area contributed by atoms with E-state index in [0.717, 1.165) is 0 Å². The van der Waals surface area contributed by atoms with E-state index in [4.69, 9.17) is 0 Å². The van der Waals surface area contributed by atoms with Crippen molar-refractivity contribution >= 4 is 14.1 Å². The molecule has 2 aromatic rings. The molecule has 0 aliphatic heterocycles. The Kier molecular flexibility index (Phi) is 4.39. The Balaban J connectivity index is 1.85. The van der Waals surface area contributed by atoms with Crippen LogP contribution in [0.5, 0.6) is 0 Å². The van der Waals surface area contributed by atoms with Crippen molar-refractivity contribution in [1.82, 2.24) is 0 Å². The van der Waals surface area contributed by atoms with Crippen molar-refractivity contribution in [3.05, 3.63) is 87.6 Å². The highest BCUT2D eigenvalue weighted by molar-refractivity contribution is 6.86. The minimum atomic E-state index is -1.68. The summed E-state index contributed by atoms with van der Waals surface area (Å²) in [7, 11) is -1.68. The van der Waals surface area contributed by atoms with Gasteiger partial charge in [0.1, 0.15) is 0 Å². The molecule has 0 spiro atoms. The van der Waals surface area contributed by atoms with Crippen molar-refractivity contribution < 1.29 is 0 Å². The molecule has 0 heterocycles. The van der Waals surface area contributed by atoms with Crippen molar-refractivity contribution in [2.45, 2.75) is 46.3 Å². The van der Waals surface area contributed by atoms with Crippen LogP contribution in [0.1, 0.15) is 44.4 Å². The third kappa shape index (κ3) is 2.80. The Labute approximate surface area is 165 Å². The maximum atomic E-state index is 2.58. The molecule has 4 rings (SSSR count). The van der Waals surface area contributed by atoms with E-state index in [-0.39, 0.29) is 0 Å². The first-order valence-corrected chi connectivity index (χ1v) is 13.2. The molecule has 0 saturated carbocycles. The first-order valence-electron chi connectivity index (χ1n) is 10.1. The maximum Gasteiger partial charge on any atom is 0.0883 e. The molecule has 0 saturated heterocycles. The summed E-state index contributed by atoms with van der Waals surface area (Å²) in [4.78, 5) is 0. The van der Waals surface area contributed by atoms with Crippen LogP contribution in [0.15, 0.2) is 76.5 Å². The van der Waals surface area contributed by atoms with Gasteiger partial charge in [-0.2, -0.15) is 0 Å². The van der Waals surface area contributed by atoms with Crippen LogP contribution in [0, 0.1) is 5.92 Å². The molecule has 0 nitrogen and oxygen atoms in total. The summed E-state index contributed by atoms with van der Waals surface area (Å²) in [6.07, 6.45) is 4.93. The van der Waals surface area contributed by atoms with Gasteiger partial charge in [-0.15, -0.1) is 0 Å². The molecule has 2 unspecified atom stereocenters. The molecule has 2 atom stereocenters. The van der Waals surface area contributed by atoms with Gasteiger partial charge in [0.05, 0.1) is 8.07 Å². The summed E-state index contributed by atoms with van der Waals surface area (Å²) in [5.74, 6) is 0.584. The minimum absolute atomic E-state index is 0.572. The van der Waals surface area contributed by atoms with Crippen molar-refractivity contribution in [2.75, 3.05) is 0 Å². The second-order valence-corrected chi connectivity index (χ2v) is 13.5. The summed E-state index contributed by atoms with van der Waals surface area (Å²) in [6.45, 7) is 14.5. The third-order valence-electron chi connectivity index (χ3n) is 6.73. The standard InChI is InChI=1S/C26H30Si/c1-17-15-18(2)25(20(17)4)27(5,6)26-19(3)16-24-22(13-10-14-23(24)26)21-11-8-7-9-12-21/h7-16,18,26H,1-6H3. The number of allylic oxidation sites excluding steroid dienone is 5. The van der Waals surface area contributed by atoms with Crippen LogP contribution >= 0.6 is 0 Å². The molecule has 0 N–H and O–H groups in total. The van der Waals surface area contributed by atoms with E-state index in [1.807, 2.05) is 0 Å². The number of rotatable bonds is 3. The predicted molar refractivity (Wildman–Crippen MR) is 121 cm³/mol. The average molecular weight is 371 g/mol. The maximum absolute atomic E-state index is 2.58. The van der Waals surface area contributed by atoms with Gasteiger partial charge in [0.25, 0.3) is 0 Å². The fourth-order valence-corrected chi connectivity index (χ4v) is 10.7. The lowest BCUT2D eigenvalue weighted by Gasteiger charge is -2.36. The lowest BCUT2D eigenvalue weighted by Crippen LogP contribution is -2.40. The summed E-state index contributed by atoms with van der Waals surface area (Å²) < 4.78 is 0. The topological polar surface area (TPSA) is 0 Å². The first kappa shape index (κ1) is 18.2. The molecule has 138 valence electrons. The Hall–Kier alpha value is -2.12. The van der Waals surface area contributed by atoms with E-state index < -0.39 is 8.07 Å². The third-order valence-corrected chi connectivity index (χ3v) is 11.2. The summed E-state index contributed by atoms with van der Waals surface area (Å²) in [5, 5.41) is 1.75. The number of benzene rings is 2. The fourth-order valence-electron chi connectivity index (χ4n) is 5.74. The molecule has 2 aliphatic rings. The summed E-state index contributed by atoms with van der Waals surface area (Å²) >= 11 is 0. The van der Waals surface area contributed by atoms with Gasteiger partial charge < -0.3 is 0 Å². The lowest BCUT2D eigenvalue weighted by molar-refractivity contribution is 0.900. The monoisotopic (exact) mass is 370 g/mol. The smallest absolute Gasteiger partial charge is 0.0748 e. The zero-order valence-electron chi connectivity index (χ0n) is 17.4. The molecular weight excluding hydrogens is 340 g/mol. The highest BCUT2D eigenvalue weighted by Gasteiger charge is 2.44. The zero-order chi connectivity index (χ0) is 19.3. The number of hydrogen-bond acceptors (Lipinski definition) is 0. The van der Waals surface area contributed by atoms with Crippen LogP contribution in [-0.4, -0.2) is 8.07 Å². The van der Waals surface area contributed by atoms with Crippen LogP contribution in [0.4, 0.5) is 0 Å². The molecular formula is C26H30Si. The Morgan fingerprint density at radius 2 is 1.56 bits per heavy atom. The second-order valence-electron chi connectivity index (χ2n) is 8.89. The molecule has 0 amide bonds. The lowest BCUT2D eigenvalue weighted by atomic mass is 9.97. The summed E-state index contributed by atoms with van der Waals surface area (Å²) in [6, 6.07) is 17.7. The van der Waals surface area contributed by atoms with Crippen molar-refractivity contribution in [2.24, 2.45) is 5.92 Å². The zero-order valence-corrected chi connectivity index (χ0v) is 18.4. The molecule has 0 fully saturated rings.